The quantitative estimate of drug-likeness (QED) is 0.472. The van der Waals surface area contributed by atoms with E-state index in [0.717, 1.165) is 16.7 Å². The third-order valence-electron chi connectivity index (χ3n) is 3.45. The van der Waals surface area contributed by atoms with E-state index in [1.807, 2.05) is 11.5 Å². The molecule has 0 bridgehead atoms. The van der Waals surface area contributed by atoms with Crippen LogP contribution in [0, 0.1) is 22.5 Å². The monoisotopic (exact) mass is 380 g/mol. The van der Waals surface area contributed by atoms with Gasteiger partial charge in [-0.25, -0.2) is 0 Å². The predicted molar refractivity (Wildman–Crippen MR) is 87.2 cm³/mol. The summed E-state index contributed by atoms with van der Waals surface area (Å²) in [6.07, 6.45) is 4.42. The van der Waals surface area contributed by atoms with Gasteiger partial charge in [-0.3, -0.25) is 9.59 Å². The van der Waals surface area contributed by atoms with Crippen molar-refractivity contribution in [3.63, 3.8) is 0 Å². The fraction of sp³-hybridized carbons (Fsp3) is 0.267. The number of hydrogen-bond acceptors (Lipinski definition) is 4. The first-order valence-electron chi connectivity index (χ1n) is 6.57. The Kier molecular flexibility index (Phi) is 5.63. The van der Waals surface area contributed by atoms with E-state index in [4.69, 9.17) is 5.26 Å². The molecule has 0 radical (unpaired) electrons. The van der Waals surface area contributed by atoms with Crippen molar-refractivity contribution in [3.8, 4) is 5.40 Å². The van der Waals surface area contributed by atoms with Gasteiger partial charge in [-0.05, 0) is 58.7 Å². The number of thiocyanates is 1. The number of benzene rings is 1. The second-order valence-corrected chi connectivity index (χ2v) is 6.53. The number of hydrogen-bond donors (Lipinski definition) is 2. The van der Waals surface area contributed by atoms with Crippen molar-refractivity contribution in [1.82, 2.24) is 0 Å². The summed E-state index contributed by atoms with van der Waals surface area (Å²) in [6.45, 7) is 0. The van der Waals surface area contributed by atoms with Gasteiger partial charge in [0.1, 0.15) is 5.40 Å². The first kappa shape index (κ1) is 16.6. The average molecular weight is 381 g/mol. The molecule has 5 nitrogen and oxygen atoms in total. The third-order valence-corrected chi connectivity index (χ3v) is 4.69. The molecule has 0 aliphatic heterocycles. The summed E-state index contributed by atoms with van der Waals surface area (Å²) in [4.78, 5) is 24.4. The smallest absolute Gasteiger partial charge is 0.307 e. The van der Waals surface area contributed by atoms with Gasteiger partial charge in [0.2, 0.25) is 5.91 Å². The van der Waals surface area contributed by atoms with Gasteiger partial charge in [-0.2, -0.15) is 5.26 Å². The number of carboxylic acid groups (broad SMARTS) is 1. The minimum atomic E-state index is -0.954. The van der Waals surface area contributed by atoms with Crippen molar-refractivity contribution in [1.29, 1.82) is 5.26 Å². The number of aliphatic carboxylic acids is 1. The topological polar surface area (TPSA) is 90.2 Å². The van der Waals surface area contributed by atoms with E-state index in [1.165, 1.54) is 0 Å². The summed E-state index contributed by atoms with van der Waals surface area (Å²) >= 11 is 4.37. The maximum atomic E-state index is 12.4. The molecule has 0 heterocycles. The van der Waals surface area contributed by atoms with Gasteiger partial charge >= 0.3 is 5.97 Å². The lowest BCUT2D eigenvalue weighted by atomic mass is 9.82. The lowest BCUT2D eigenvalue weighted by Gasteiger charge is -2.24. The normalized spacial score (nSPS) is 20.2. The number of nitriles is 1. The molecule has 7 heteroatoms. The average Bonchev–Trinajstić information content (AvgIpc) is 2.50. The van der Waals surface area contributed by atoms with E-state index >= 15 is 0 Å². The molecular weight excluding hydrogens is 368 g/mol. The fourth-order valence-electron chi connectivity index (χ4n) is 2.32. The highest BCUT2D eigenvalue weighted by Gasteiger charge is 2.34. The molecule has 2 rings (SSSR count). The Hall–Kier alpha value is -1.78. The summed E-state index contributed by atoms with van der Waals surface area (Å²) in [6, 6.07) is 5.15. The van der Waals surface area contributed by atoms with Gasteiger partial charge in [0, 0.05) is 9.37 Å². The van der Waals surface area contributed by atoms with E-state index in [9.17, 15) is 14.7 Å². The zero-order valence-corrected chi connectivity index (χ0v) is 13.9. The number of anilines is 1. The molecule has 1 aliphatic carbocycles. The molecule has 1 aromatic rings. The zero-order chi connectivity index (χ0) is 16.1. The molecule has 0 fully saturated rings. The lowest BCUT2D eigenvalue weighted by Crippen LogP contribution is -2.34. The standard InChI is InChI=1S/C15H13BrN2O3S/c16-12-7-9(22-8-17)5-6-13(12)18-14(19)10-3-1-2-4-11(10)15(20)21/h1-2,5-7,10-11H,3-4H2,(H,18,19)(H,20,21)/t10-,11+/m1/s1. The van der Waals surface area contributed by atoms with Crippen LogP contribution in [0.5, 0.6) is 0 Å². The molecule has 1 aliphatic rings. The van der Waals surface area contributed by atoms with E-state index in [0.29, 0.717) is 23.0 Å². The van der Waals surface area contributed by atoms with Crippen molar-refractivity contribution in [2.75, 3.05) is 5.32 Å². The van der Waals surface area contributed by atoms with E-state index in [2.05, 4.69) is 21.2 Å². The number of carboxylic acids is 1. The first-order valence-corrected chi connectivity index (χ1v) is 8.18. The van der Waals surface area contributed by atoms with Crippen LogP contribution in [-0.2, 0) is 9.59 Å². The van der Waals surface area contributed by atoms with Crippen molar-refractivity contribution in [2.45, 2.75) is 17.7 Å². The number of carbonyl (C=O) groups is 2. The highest BCUT2D eigenvalue weighted by atomic mass is 79.9. The van der Waals surface area contributed by atoms with Gasteiger partial charge in [0.25, 0.3) is 0 Å². The van der Waals surface area contributed by atoms with Crippen LogP contribution in [0.25, 0.3) is 0 Å². The third kappa shape index (κ3) is 3.90. The molecule has 0 unspecified atom stereocenters. The number of allylic oxidation sites excluding steroid dienone is 2. The molecule has 2 N–H and O–H groups in total. The fourth-order valence-corrected chi connectivity index (χ4v) is 3.36. The number of halogens is 1. The SMILES string of the molecule is N#CSc1ccc(NC(=O)[C@@H]2CC=CC[C@@H]2C(=O)O)c(Br)c1. The summed E-state index contributed by atoms with van der Waals surface area (Å²) in [7, 11) is 0. The molecule has 114 valence electrons. The van der Waals surface area contributed by atoms with Crippen LogP contribution >= 0.6 is 27.7 Å². The highest BCUT2D eigenvalue weighted by Crippen LogP contribution is 2.31. The molecule has 1 aromatic carbocycles. The highest BCUT2D eigenvalue weighted by molar-refractivity contribution is 9.10. The van der Waals surface area contributed by atoms with Crippen molar-refractivity contribution in [2.24, 2.45) is 11.8 Å². The van der Waals surface area contributed by atoms with Gasteiger partial charge in [0.15, 0.2) is 0 Å². The summed E-state index contributed by atoms with van der Waals surface area (Å²) in [5.74, 6) is -2.54. The van der Waals surface area contributed by atoms with Crippen LogP contribution in [0.15, 0.2) is 39.7 Å². The molecule has 1 amide bonds. The second kappa shape index (κ2) is 7.47. The number of carbonyl (C=O) groups excluding carboxylic acids is 1. The summed E-state index contributed by atoms with van der Waals surface area (Å²) < 4.78 is 0.652. The van der Waals surface area contributed by atoms with Crippen LogP contribution in [0.3, 0.4) is 0 Å². The Balaban J connectivity index is 2.13. The molecular formula is C15H13BrN2O3S. The number of rotatable bonds is 4. The van der Waals surface area contributed by atoms with Crippen LogP contribution in [0.2, 0.25) is 0 Å². The number of thioether (sulfide) groups is 1. The Bertz CT molecular complexity index is 669. The van der Waals surface area contributed by atoms with Gasteiger partial charge < -0.3 is 10.4 Å². The number of amides is 1. The Morgan fingerprint density at radius 2 is 2.00 bits per heavy atom. The molecule has 0 saturated heterocycles. The maximum absolute atomic E-state index is 12.4. The van der Waals surface area contributed by atoms with Gasteiger partial charge in [-0.1, -0.05) is 12.2 Å². The van der Waals surface area contributed by atoms with Crippen molar-refractivity contribution in [3.05, 3.63) is 34.8 Å². The summed E-state index contributed by atoms with van der Waals surface area (Å²) in [5, 5.41) is 22.6. The van der Waals surface area contributed by atoms with Gasteiger partial charge in [0.05, 0.1) is 17.5 Å². The van der Waals surface area contributed by atoms with Crippen molar-refractivity contribution >= 4 is 45.3 Å². The Labute approximate surface area is 140 Å². The van der Waals surface area contributed by atoms with Crippen LogP contribution in [-0.4, -0.2) is 17.0 Å². The predicted octanol–water partition coefficient (Wildman–Crippen LogP) is 3.63. The Morgan fingerprint density at radius 3 is 2.59 bits per heavy atom. The van der Waals surface area contributed by atoms with E-state index in [-0.39, 0.29) is 5.91 Å². The first-order chi connectivity index (χ1) is 10.5. The lowest BCUT2D eigenvalue weighted by molar-refractivity contribution is -0.146. The second-order valence-electron chi connectivity index (χ2n) is 4.82. The van der Waals surface area contributed by atoms with Crippen LogP contribution < -0.4 is 5.32 Å². The molecule has 22 heavy (non-hydrogen) atoms. The minimum absolute atomic E-state index is 0.307. The Morgan fingerprint density at radius 1 is 1.32 bits per heavy atom. The number of nitrogens with zero attached hydrogens (tertiary/aromatic N) is 1. The minimum Gasteiger partial charge on any atom is -0.481 e. The van der Waals surface area contributed by atoms with E-state index < -0.39 is 17.8 Å². The molecule has 0 saturated carbocycles. The van der Waals surface area contributed by atoms with Gasteiger partial charge in [-0.15, -0.1) is 0 Å². The van der Waals surface area contributed by atoms with Crippen LogP contribution in [0.1, 0.15) is 12.8 Å². The maximum Gasteiger partial charge on any atom is 0.307 e. The van der Waals surface area contributed by atoms with Crippen LogP contribution in [0.4, 0.5) is 5.69 Å². The molecule has 0 spiro atoms. The molecule has 0 aromatic heterocycles. The molecule has 2 atom stereocenters. The number of nitrogens with one attached hydrogen (secondary N) is 1. The van der Waals surface area contributed by atoms with Crippen molar-refractivity contribution < 1.29 is 14.7 Å². The summed E-state index contributed by atoms with van der Waals surface area (Å²) in [5.41, 5.74) is 0.561. The van der Waals surface area contributed by atoms with E-state index in [1.54, 1.807) is 24.3 Å². The largest absolute Gasteiger partial charge is 0.481 e. The zero-order valence-electron chi connectivity index (χ0n) is 11.5.